The third kappa shape index (κ3) is 22.0. The van der Waals surface area contributed by atoms with Crippen molar-refractivity contribution >= 4 is 95.3 Å². The molecule has 0 bridgehead atoms. The minimum absolute atomic E-state index is 0.0566. The molecule has 0 saturated heterocycles. The first-order valence-electron chi connectivity index (χ1n) is 25.4. The molecule has 4 rings (SSSR count). The van der Waals surface area contributed by atoms with Crippen molar-refractivity contribution in [3.05, 3.63) is 90.5 Å². The topological polar surface area (TPSA) is 419 Å². The molecular formula is C50H71N15O12S3. The SMILES string of the molecule is CSCC[C@H](NC(=O)[C@H](CS)NC(=O)[C@@H](NC(=O)[C@H](Cc1cnc[nH]1)NC(=O)[C@H](Cc1ccccc1)NC(=O)[C@H](CCC(=O)O)NC(=O)[C@@H](N)CCSC)C(C)C)C(=O)N[C@@H](Cc1cnc[nH]1)C(=O)N[C@@H](Cc1cnc[nH]1)C(=O)O. The fourth-order valence-electron chi connectivity index (χ4n) is 7.83. The number of nitrogens with zero attached hydrogens (tertiary/aromatic N) is 3. The average Bonchev–Trinajstić information content (AvgIpc) is 4.27. The summed E-state index contributed by atoms with van der Waals surface area (Å²) in [4.78, 5) is 156. The second-order valence-corrected chi connectivity index (χ2v) is 21.2. The number of aliphatic carboxylic acids is 2. The van der Waals surface area contributed by atoms with Gasteiger partial charge in [-0.2, -0.15) is 36.2 Å². The number of nitrogens with two attached hydrogens (primary N) is 1. The molecule has 30 heteroatoms. The van der Waals surface area contributed by atoms with Crippen LogP contribution in [-0.4, -0.2) is 183 Å². The summed E-state index contributed by atoms with van der Waals surface area (Å²) in [6.45, 7) is 3.25. The minimum Gasteiger partial charge on any atom is -0.481 e. The predicted molar refractivity (Wildman–Crippen MR) is 300 cm³/mol. The molecule has 436 valence electrons. The Labute approximate surface area is 475 Å². The van der Waals surface area contributed by atoms with Gasteiger partial charge in [0.1, 0.15) is 48.3 Å². The van der Waals surface area contributed by atoms with E-state index in [4.69, 9.17) is 5.73 Å². The Balaban J connectivity index is 1.53. The average molecular weight is 1170 g/mol. The summed E-state index contributed by atoms with van der Waals surface area (Å²) in [6, 6.07) is -3.48. The number of aromatic nitrogens is 6. The summed E-state index contributed by atoms with van der Waals surface area (Å²) in [5.74, 6) is -9.23. The number of amides is 8. The van der Waals surface area contributed by atoms with Crippen LogP contribution in [0.15, 0.2) is 67.9 Å². The summed E-state index contributed by atoms with van der Waals surface area (Å²) in [7, 11) is 0. The molecule has 27 nitrogen and oxygen atoms in total. The van der Waals surface area contributed by atoms with E-state index in [2.05, 4.69) is 85.1 Å². The van der Waals surface area contributed by atoms with Gasteiger partial charge in [-0.05, 0) is 54.8 Å². The molecule has 0 aliphatic heterocycles. The van der Waals surface area contributed by atoms with Crippen LogP contribution in [0.1, 0.15) is 62.2 Å². The van der Waals surface area contributed by atoms with E-state index in [-0.39, 0.29) is 50.7 Å². The highest BCUT2D eigenvalue weighted by atomic mass is 32.2. The van der Waals surface area contributed by atoms with E-state index in [1.165, 1.54) is 61.1 Å². The zero-order valence-corrected chi connectivity index (χ0v) is 47.1. The molecule has 15 N–H and O–H groups in total. The van der Waals surface area contributed by atoms with Crippen LogP contribution in [0.5, 0.6) is 0 Å². The van der Waals surface area contributed by atoms with E-state index in [1.807, 2.05) is 6.26 Å². The van der Waals surface area contributed by atoms with Gasteiger partial charge in [-0.3, -0.25) is 43.2 Å². The fraction of sp³-hybridized carbons (Fsp3) is 0.500. The van der Waals surface area contributed by atoms with Gasteiger partial charge < -0.3 is 73.4 Å². The van der Waals surface area contributed by atoms with Crippen molar-refractivity contribution in [2.75, 3.05) is 29.8 Å². The van der Waals surface area contributed by atoms with Crippen LogP contribution in [0.2, 0.25) is 0 Å². The highest BCUT2D eigenvalue weighted by Crippen LogP contribution is 2.12. The molecule has 0 fully saturated rings. The Bertz CT molecular complexity index is 2630. The number of carboxylic acid groups (broad SMARTS) is 2. The fourth-order valence-corrected chi connectivity index (χ4v) is 9.05. The van der Waals surface area contributed by atoms with Crippen LogP contribution in [0.25, 0.3) is 0 Å². The van der Waals surface area contributed by atoms with Crippen LogP contribution < -0.4 is 48.3 Å². The highest BCUT2D eigenvalue weighted by molar-refractivity contribution is 7.98. The number of aromatic amines is 3. The van der Waals surface area contributed by atoms with Crippen molar-refractivity contribution < 1.29 is 58.2 Å². The number of imidazole rings is 3. The Morgan fingerprint density at radius 2 is 0.925 bits per heavy atom. The van der Waals surface area contributed by atoms with Gasteiger partial charge >= 0.3 is 11.9 Å². The van der Waals surface area contributed by atoms with Crippen LogP contribution in [0.4, 0.5) is 0 Å². The van der Waals surface area contributed by atoms with Crippen molar-refractivity contribution in [2.45, 2.75) is 120 Å². The molecule has 0 saturated carbocycles. The number of thioether (sulfide) groups is 2. The first-order chi connectivity index (χ1) is 38.2. The molecule has 3 heterocycles. The standard InChI is InChI=1S/C50H71N15O12S3/c1-27(2)41(49(75)64-39(23-78)48(74)59-34(13-15-80-4)44(70)61-36(17-29-20-52-24-55-29)46(72)63-38(50(76)77)19-31-22-54-26-57-31)65-47(73)37(18-30-21-53-25-56-30)62-45(71)35(16-28-8-6-5-7-9-28)60-43(69)33(10-11-40(66)67)58-42(68)32(51)12-14-79-3/h5-9,20-22,24-27,32-39,41,78H,10-19,23,51H2,1-4H3,(H,52,55)(H,53,56)(H,54,57)(H,58,68)(H,59,74)(H,60,69)(H,61,70)(H,62,71)(H,63,72)(H,64,75)(H,65,73)(H,66,67)(H,76,77)/t32-,33-,34-,35-,36-,37-,38-,39-,41-/m0/s1. The second-order valence-electron chi connectivity index (χ2n) is 18.8. The summed E-state index contributed by atoms with van der Waals surface area (Å²) < 4.78 is 0. The van der Waals surface area contributed by atoms with Crippen LogP contribution in [0.3, 0.4) is 0 Å². The molecule has 3 aromatic heterocycles. The Hall–Kier alpha value is -7.44. The number of carboxylic acids is 2. The zero-order valence-electron chi connectivity index (χ0n) is 44.6. The monoisotopic (exact) mass is 1170 g/mol. The number of H-pyrrole nitrogens is 3. The Morgan fingerprint density at radius 3 is 1.38 bits per heavy atom. The summed E-state index contributed by atoms with van der Waals surface area (Å²) in [6.07, 6.45) is 10.8. The summed E-state index contributed by atoms with van der Waals surface area (Å²) in [5.41, 5.74) is 7.90. The van der Waals surface area contributed by atoms with Crippen molar-refractivity contribution in [3.63, 3.8) is 0 Å². The summed E-state index contributed by atoms with van der Waals surface area (Å²) in [5, 5.41) is 40.3. The van der Waals surface area contributed by atoms with E-state index in [0.29, 0.717) is 34.2 Å². The maximum absolute atomic E-state index is 14.4. The van der Waals surface area contributed by atoms with Crippen LogP contribution in [0, 0.1) is 5.92 Å². The number of benzene rings is 1. The van der Waals surface area contributed by atoms with Gasteiger partial charge in [-0.15, -0.1) is 0 Å². The quantitative estimate of drug-likeness (QED) is 0.0227. The number of rotatable bonds is 36. The van der Waals surface area contributed by atoms with E-state index in [1.54, 1.807) is 50.4 Å². The van der Waals surface area contributed by atoms with Gasteiger partial charge in [0.15, 0.2) is 0 Å². The number of carbonyl (C=O) groups excluding carboxylic acids is 8. The largest absolute Gasteiger partial charge is 0.481 e. The lowest BCUT2D eigenvalue weighted by molar-refractivity contribution is -0.142. The third-order valence-corrected chi connectivity index (χ3v) is 13.9. The van der Waals surface area contributed by atoms with Gasteiger partial charge in [-0.25, -0.2) is 19.7 Å². The maximum Gasteiger partial charge on any atom is 0.326 e. The number of nitrogens with one attached hydrogen (secondary N) is 11. The molecule has 0 radical (unpaired) electrons. The number of thiol groups is 1. The minimum atomic E-state index is -1.44. The van der Waals surface area contributed by atoms with E-state index < -0.39 is 126 Å². The Kier molecular flexibility index (Phi) is 27.6. The molecule has 9 atom stereocenters. The smallest absolute Gasteiger partial charge is 0.326 e. The second kappa shape index (κ2) is 33.9. The van der Waals surface area contributed by atoms with Crippen molar-refractivity contribution in [3.8, 4) is 0 Å². The van der Waals surface area contributed by atoms with E-state index >= 15 is 0 Å². The third-order valence-electron chi connectivity index (χ3n) is 12.3. The lowest BCUT2D eigenvalue weighted by atomic mass is 10.0. The zero-order chi connectivity index (χ0) is 58.7. The van der Waals surface area contributed by atoms with Crippen LogP contribution in [-0.2, 0) is 73.6 Å². The van der Waals surface area contributed by atoms with Crippen molar-refractivity contribution in [1.82, 2.24) is 72.4 Å². The first kappa shape index (κ1) is 65.1. The maximum atomic E-state index is 14.4. The van der Waals surface area contributed by atoms with Crippen molar-refractivity contribution in [1.29, 1.82) is 0 Å². The van der Waals surface area contributed by atoms with Gasteiger partial charge in [0.25, 0.3) is 0 Å². The van der Waals surface area contributed by atoms with Gasteiger partial charge in [0.2, 0.25) is 47.3 Å². The molecule has 4 aromatic rings. The van der Waals surface area contributed by atoms with E-state index in [0.717, 1.165) is 0 Å². The molecule has 1 aromatic carbocycles. The number of hydrogen-bond donors (Lipinski definition) is 15. The molecule has 0 unspecified atom stereocenters. The lowest BCUT2D eigenvalue weighted by Gasteiger charge is -2.29. The van der Waals surface area contributed by atoms with E-state index in [9.17, 15) is 58.2 Å². The molecule has 0 aliphatic rings. The highest BCUT2D eigenvalue weighted by Gasteiger charge is 2.36. The molecule has 80 heavy (non-hydrogen) atoms. The molecule has 8 amide bonds. The summed E-state index contributed by atoms with van der Waals surface area (Å²) >= 11 is 7.14. The molecular weight excluding hydrogens is 1100 g/mol. The molecule has 0 aliphatic carbocycles. The normalized spacial score (nSPS) is 14.5. The Morgan fingerprint density at radius 1 is 0.525 bits per heavy atom. The molecule has 0 spiro atoms. The van der Waals surface area contributed by atoms with Gasteiger partial charge in [0, 0.05) is 73.5 Å². The van der Waals surface area contributed by atoms with Gasteiger partial charge in [0.05, 0.1) is 25.0 Å². The number of carbonyl (C=O) groups is 10. The van der Waals surface area contributed by atoms with Crippen molar-refractivity contribution in [2.24, 2.45) is 11.7 Å². The van der Waals surface area contributed by atoms with Gasteiger partial charge in [-0.1, -0.05) is 44.2 Å². The van der Waals surface area contributed by atoms with Crippen LogP contribution >= 0.6 is 36.2 Å². The lowest BCUT2D eigenvalue weighted by Crippen LogP contribution is -2.62. The predicted octanol–water partition coefficient (Wildman–Crippen LogP) is -1.63. The number of hydrogen-bond acceptors (Lipinski definition) is 17. The first-order valence-corrected chi connectivity index (χ1v) is 28.8.